The zero-order valence-corrected chi connectivity index (χ0v) is 8.35. The van der Waals surface area contributed by atoms with E-state index in [9.17, 15) is 0 Å². The first-order chi connectivity index (χ1) is 4.91. The Morgan fingerprint density at radius 2 is 1.80 bits per heavy atom. The van der Waals surface area contributed by atoms with Crippen molar-refractivity contribution in [3.8, 4) is 0 Å². The summed E-state index contributed by atoms with van der Waals surface area (Å²) in [7, 11) is 0. The number of hydrogen-bond acceptors (Lipinski definition) is 2. The Kier molecular flexibility index (Phi) is 7.34. The van der Waals surface area contributed by atoms with Gasteiger partial charge in [0.1, 0.15) is 0 Å². The van der Waals surface area contributed by atoms with Crippen LogP contribution in [0.4, 0.5) is 0 Å². The molecule has 0 N–H and O–H groups in total. The molecular weight excluding hydrogens is 181 g/mol. The van der Waals surface area contributed by atoms with Gasteiger partial charge in [-0.15, -0.1) is 0 Å². The zero-order chi connectivity index (χ0) is 7.66. The molecule has 0 atom stereocenters. The van der Waals surface area contributed by atoms with Crippen molar-refractivity contribution < 1.29 is 18.5 Å². The molecule has 0 saturated heterocycles. The Balaban J connectivity index is 0.000000180. The number of hydrogen-bond donors (Lipinski definition) is 0. The van der Waals surface area contributed by atoms with E-state index in [4.69, 9.17) is 5.53 Å². The molecule has 0 saturated carbocycles. The topological polar surface area (TPSA) is 61.7 Å². The Bertz CT molecular complexity index is 167. The molecule has 0 amide bonds. The van der Waals surface area contributed by atoms with Crippen LogP contribution in [0, 0.1) is 0 Å². The molecule has 0 bridgehead atoms. The van der Waals surface area contributed by atoms with Crippen LogP contribution in [0.5, 0.6) is 0 Å². The molecule has 0 fully saturated rings. The van der Waals surface area contributed by atoms with Gasteiger partial charge in [-0.25, -0.2) is 0 Å². The monoisotopic (exact) mass is 185 g/mol. The van der Waals surface area contributed by atoms with Crippen molar-refractivity contribution in [2.45, 2.75) is 0 Å². The molecule has 1 aromatic heterocycles. The maximum absolute atomic E-state index is 7.36. The van der Waals surface area contributed by atoms with Crippen LogP contribution in [0.3, 0.4) is 0 Å². The van der Waals surface area contributed by atoms with Gasteiger partial charge in [0.25, 0.3) is 0 Å². The number of nitrogens with zero attached hydrogens (tertiary/aromatic N) is 4. The van der Waals surface area contributed by atoms with Crippen LogP contribution in [-0.2, 0) is 18.5 Å². The minimum absolute atomic E-state index is 0.677. The molecule has 5 heteroatoms. The summed E-state index contributed by atoms with van der Waals surface area (Å²) in [4.78, 5) is 6.20. The number of azide groups is 1. The number of rotatable bonds is 0. The molecule has 47 valence electrons. The Morgan fingerprint density at radius 1 is 1.30 bits per heavy atom. The predicted octanol–water partition coefficient (Wildman–Crippen LogP) is 1.84. The molecular formula is C5H5N4Zn. The van der Waals surface area contributed by atoms with Gasteiger partial charge in [0.05, 0.1) is 0 Å². The van der Waals surface area contributed by atoms with Crippen molar-refractivity contribution in [1.82, 2.24) is 4.98 Å². The average molecular weight is 187 g/mol. The maximum atomic E-state index is 7.36. The summed E-state index contributed by atoms with van der Waals surface area (Å²) in [6, 6.07) is 5.72. The van der Waals surface area contributed by atoms with Gasteiger partial charge in [-0.1, -0.05) is 6.07 Å². The molecule has 10 heavy (non-hydrogen) atoms. The van der Waals surface area contributed by atoms with Crippen molar-refractivity contribution in [3.63, 3.8) is 0 Å². The fourth-order valence-electron chi connectivity index (χ4n) is 0.313. The normalized spacial score (nSPS) is 6.60. The second-order valence-electron chi connectivity index (χ2n) is 1.26. The molecule has 0 spiro atoms. The van der Waals surface area contributed by atoms with E-state index in [2.05, 4.69) is 13.8 Å². The summed E-state index contributed by atoms with van der Waals surface area (Å²) >= 11 is 0.677. The molecule has 0 unspecified atom stereocenters. The van der Waals surface area contributed by atoms with E-state index < -0.39 is 0 Å². The van der Waals surface area contributed by atoms with E-state index in [0.717, 1.165) is 0 Å². The average Bonchev–Trinajstić information content (AvgIpc) is 2.08. The first-order valence-electron chi connectivity index (χ1n) is 2.57. The van der Waals surface area contributed by atoms with E-state index in [1.807, 2.05) is 18.2 Å². The van der Waals surface area contributed by atoms with Crippen molar-refractivity contribution in [2.24, 2.45) is 3.86 Å². The van der Waals surface area contributed by atoms with Crippen LogP contribution in [0.25, 0.3) is 10.4 Å². The van der Waals surface area contributed by atoms with Gasteiger partial charge in [0.2, 0.25) is 0 Å². The summed E-state index contributed by atoms with van der Waals surface area (Å²) < 4.78 is 3.04. The van der Waals surface area contributed by atoms with Gasteiger partial charge in [-0.2, -0.15) is 0 Å². The smallest absolute Gasteiger partial charge is 0.0267 e. The second-order valence-corrected chi connectivity index (χ2v) is 1.85. The molecule has 1 aromatic rings. The van der Waals surface area contributed by atoms with E-state index in [0.29, 0.717) is 18.5 Å². The fraction of sp³-hybridized carbons (Fsp3) is 0. The molecule has 0 aliphatic carbocycles. The molecule has 0 aliphatic heterocycles. The molecule has 0 radical (unpaired) electrons. The van der Waals surface area contributed by atoms with Crippen LogP contribution in [0.1, 0.15) is 0 Å². The maximum Gasteiger partial charge on any atom is 0.0267 e. The van der Waals surface area contributed by atoms with Gasteiger partial charge in [0.15, 0.2) is 0 Å². The van der Waals surface area contributed by atoms with E-state index in [1.54, 1.807) is 12.4 Å². The van der Waals surface area contributed by atoms with Gasteiger partial charge >= 0.3 is 32.8 Å². The zero-order valence-electron chi connectivity index (χ0n) is 5.38. The van der Waals surface area contributed by atoms with Crippen LogP contribution < -0.4 is 0 Å². The largest absolute Gasteiger partial charge is 0.265 e. The summed E-state index contributed by atoms with van der Waals surface area (Å²) in [5.41, 5.74) is 7.36. The minimum Gasteiger partial charge on any atom is -0.265 e. The van der Waals surface area contributed by atoms with E-state index in [1.165, 1.54) is 0 Å². The quantitative estimate of drug-likeness (QED) is 0.264. The molecule has 0 aliphatic rings. The summed E-state index contributed by atoms with van der Waals surface area (Å²) in [6.45, 7) is 0. The van der Waals surface area contributed by atoms with Crippen LogP contribution >= 0.6 is 0 Å². The Morgan fingerprint density at radius 3 is 1.90 bits per heavy atom. The number of aromatic nitrogens is 1. The van der Waals surface area contributed by atoms with E-state index >= 15 is 0 Å². The van der Waals surface area contributed by atoms with Gasteiger partial charge in [0, 0.05) is 12.4 Å². The van der Waals surface area contributed by atoms with Gasteiger partial charge < -0.3 is 0 Å². The predicted molar refractivity (Wildman–Crippen MR) is 33.4 cm³/mol. The third-order valence-electron chi connectivity index (χ3n) is 0.630. The third kappa shape index (κ3) is 7.08. The standard InChI is InChI=1S/C5H5N.N3.Zn/c1-2-4-6-5-3-1;1-3-2;/h1-5H;;/q;-1;+1. The Labute approximate surface area is 68.9 Å². The van der Waals surface area contributed by atoms with Crippen LogP contribution in [0.15, 0.2) is 34.4 Å². The van der Waals surface area contributed by atoms with Gasteiger partial charge in [-0.05, 0) is 12.1 Å². The fourth-order valence-corrected chi connectivity index (χ4v) is 0.313. The molecule has 4 nitrogen and oxygen atoms in total. The summed E-state index contributed by atoms with van der Waals surface area (Å²) in [5.74, 6) is 0. The molecule has 0 aromatic carbocycles. The van der Waals surface area contributed by atoms with Crippen molar-refractivity contribution in [3.05, 3.63) is 41.0 Å². The van der Waals surface area contributed by atoms with Gasteiger partial charge in [-0.3, -0.25) is 4.98 Å². The van der Waals surface area contributed by atoms with Crippen molar-refractivity contribution in [1.29, 1.82) is 0 Å². The van der Waals surface area contributed by atoms with Crippen molar-refractivity contribution >= 4 is 0 Å². The van der Waals surface area contributed by atoms with Crippen LogP contribution in [-0.4, -0.2) is 4.98 Å². The van der Waals surface area contributed by atoms with Crippen LogP contribution in [0.2, 0.25) is 0 Å². The second kappa shape index (κ2) is 8.08. The summed E-state index contributed by atoms with van der Waals surface area (Å²) in [6.07, 6.45) is 3.50. The SMILES string of the molecule is [N-]=[N+]=[N][Zn].c1ccncc1. The van der Waals surface area contributed by atoms with E-state index in [-0.39, 0.29) is 0 Å². The Hall–Kier alpha value is -0.917. The first kappa shape index (κ1) is 9.08. The first-order valence-corrected chi connectivity index (χ1v) is 3.89. The molecule has 1 heterocycles. The molecule has 1 rings (SSSR count). The summed E-state index contributed by atoms with van der Waals surface area (Å²) in [5, 5.41) is 0. The minimum atomic E-state index is 0.677. The third-order valence-corrected chi connectivity index (χ3v) is 0.895. The number of pyridine rings is 1. The van der Waals surface area contributed by atoms with Crippen molar-refractivity contribution in [2.75, 3.05) is 0 Å².